The largest absolute Gasteiger partial charge is 0.320 e. The molecule has 0 saturated carbocycles. The molecule has 0 aliphatic carbocycles. The predicted molar refractivity (Wildman–Crippen MR) is 107 cm³/mol. The first-order chi connectivity index (χ1) is 11.3. The van der Waals surface area contributed by atoms with E-state index in [4.69, 9.17) is 4.53 Å². The normalized spacial score (nSPS) is 14.2. The van der Waals surface area contributed by atoms with Crippen molar-refractivity contribution >= 4 is 14.0 Å². The summed E-state index contributed by atoms with van der Waals surface area (Å²) in [7, 11) is -1.74. The van der Waals surface area contributed by atoms with Gasteiger partial charge in [0, 0.05) is 0 Å². The van der Waals surface area contributed by atoms with E-state index in [1.54, 1.807) is 0 Å². The Morgan fingerprint density at radius 1 is 0.958 bits per heavy atom. The number of para-hydroxylation sites is 1. The third-order valence-electron chi connectivity index (χ3n) is 4.24. The Morgan fingerprint density at radius 2 is 1.54 bits per heavy atom. The van der Waals surface area contributed by atoms with E-state index in [2.05, 4.69) is 100 Å². The molecule has 0 aromatic heterocycles. The smallest absolute Gasteiger partial charge is 0.220 e. The first kappa shape index (κ1) is 18.8. The fourth-order valence-corrected chi connectivity index (χ4v) is 3.63. The highest BCUT2D eigenvalue weighted by Crippen LogP contribution is 2.36. The van der Waals surface area contributed by atoms with Crippen LogP contribution in [0, 0.1) is 12.8 Å². The number of aryl methyl sites for hydroxylation is 1. The SMILES string of the molecule is CCC(C)C(c1ccc(C)cc1)N(O[Si](C)(C)C)c1ccccc1. The Morgan fingerprint density at radius 3 is 2.04 bits per heavy atom. The van der Waals surface area contributed by atoms with Crippen LogP contribution in [0.3, 0.4) is 0 Å². The molecular weight excluding hydrogens is 310 g/mol. The lowest BCUT2D eigenvalue weighted by Gasteiger charge is -2.40. The van der Waals surface area contributed by atoms with Crippen molar-refractivity contribution < 1.29 is 4.53 Å². The van der Waals surface area contributed by atoms with Crippen LogP contribution >= 0.6 is 0 Å². The fourth-order valence-electron chi connectivity index (χ4n) is 2.82. The maximum atomic E-state index is 6.57. The van der Waals surface area contributed by atoms with E-state index >= 15 is 0 Å². The molecule has 0 bridgehead atoms. The summed E-state index contributed by atoms with van der Waals surface area (Å²) in [6.07, 6.45) is 1.11. The first-order valence-electron chi connectivity index (χ1n) is 8.92. The van der Waals surface area contributed by atoms with Crippen molar-refractivity contribution in [1.82, 2.24) is 0 Å². The maximum Gasteiger partial charge on any atom is 0.220 e. The quantitative estimate of drug-likeness (QED) is 0.429. The molecule has 0 radical (unpaired) electrons. The monoisotopic (exact) mass is 341 g/mol. The van der Waals surface area contributed by atoms with E-state index in [0.29, 0.717) is 5.92 Å². The second kappa shape index (κ2) is 7.99. The van der Waals surface area contributed by atoms with Crippen molar-refractivity contribution in [3.05, 3.63) is 65.7 Å². The maximum absolute atomic E-state index is 6.57. The second-order valence-corrected chi connectivity index (χ2v) is 12.0. The third-order valence-corrected chi connectivity index (χ3v) is 4.98. The average Bonchev–Trinajstić information content (AvgIpc) is 2.55. The molecule has 2 atom stereocenters. The van der Waals surface area contributed by atoms with Gasteiger partial charge in [-0.1, -0.05) is 68.3 Å². The lowest BCUT2D eigenvalue weighted by molar-refractivity contribution is 0.200. The number of nitrogens with zero attached hydrogens (tertiary/aromatic N) is 1. The van der Waals surface area contributed by atoms with Gasteiger partial charge in [0.1, 0.15) is 0 Å². The highest BCUT2D eigenvalue weighted by molar-refractivity contribution is 6.69. The zero-order chi connectivity index (χ0) is 17.7. The van der Waals surface area contributed by atoms with Gasteiger partial charge >= 0.3 is 0 Å². The summed E-state index contributed by atoms with van der Waals surface area (Å²) in [5, 5.41) is 2.17. The van der Waals surface area contributed by atoms with Crippen molar-refractivity contribution in [1.29, 1.82) is 0 Å². The topological polar surface area (TPSA) is 12.5 Å². The van der Waals surface area contributed by atoms with Gasteiger partial charge in [-0.15, -0.1) is 0 Å². The number of anilines is 1. The van der Waals surface area contributed by atoms with Gasteiger partial charge in [-0.25, -0.2) is 0 Å². The molecule has 0 spiro atoms. The molecule has 3 heteroatoms. The lowest BCUT2D eigenvalue weighted by atomic mass is 9.91. The Kier molecular flexibility index (Phi) is 6.25. The lowest BCUT2D eigenvalue weighted by Crippen LogP contribution is -2.42. The molecule has 2 aromatic rings. The molecule has 2 nitrogen and oxygen atoms in total. The molecule has 2 rings (SSSR count). The summed E-state index contributed by atoms with van der Waals surface area (Å²) in [5.74, 6) is 0.490. The molecule has 24 heavy (non-hydrogen) atoms. The summed E-state index contributed by atoms with van der Waals surface area (Å²) in [5.41, 5.74) is 3.74. The van der Waals surface area contributed by atoms with Gasteiger partial charge in [0.2, 0.25) is 8.32 Å². The summed E-state index contributed by atoms with van der Waals surface area (Å²) in [4.78, 5) is 0. The molecule has 0 fully saturated rings. The van der Waals surface area contributed by atoms with Crippen LogP contribution in [0.2, 0.25) is 19.6 Å². The third kappa shape index (κ3) is 4.95. The van der Waals surface area contributed by atoms with Gasteiger partial charge in [0.15, 0.2) is 0 Å². The van der Waals surface area contributed by atoms with Gasteiger partial charge in [-0.05, 0) is 50.2 Å². The van der Waals surface area contributed by atoms with Crippen molar-refractivity contribution in [2.24, 2.45) is 5.92 Å². The van der Waals surface area contributed by atoms with E-state index in [1.807, 2.05) is 0 Å². The Bertz CT molecular complexity index is 619. The predicted octanol–water partition coefficient (Wildman–Crippen LogP) is 6.36. The molecule has 0 heterocycles. The van der Waals surface area contributed by atoms with Crippen LogP contribution in [-0.2, 0) is 4.53 Å². The van der Waals surface area contributed by atoms with Crippen molar-refractivity contribution in [3.63, 3.8) is 0 Å². The van der Waals surface area contributed by atoms with Crippen LogP contribution in [0.15, 0.2) is 54.6 Å². The van der Waals surface area contributed by atoms with Crippen LogP contribution < -0.4 is 5.06 Å². The first-order valence-corrected chi connectivity index (χ1v) is 12.3. The highest BCUT2D eigenvalue weighted by Gasteiger charge is 2.30. The van der Waals surface area contributed by atoms with Crippen LogP contribution in [0.4, 0.5) is 5.69 Å². The summed E-state index contributed by atoms with van der Waals surface area (Å²) in [6.45, 7) is 13.4. The molecule has 130 valence electrons. The van der Waals surface area contributed by atoms with Gasteiger partial charge in [-0.2, -0.15) is 0 Å². The molecule has 2 unspecified atom stereocenters. The van der Waals surface area contributed by atoms with E-state index < -0.39 is 8.32 Å². The fraction of sp³-hybridized carbons (Fsp3) is 0.429. The van der Waals surface area contributed by atoms with Gasteiger partial charge in [0.25, 0.3) is 0 Å². The van der Waals surface area contributed by atoms with E-state index in [-0.39, 0.29) is 6.04 Å². The Balaban J connectivity index is 2.49. The number of rotatable bonds is 7. The minimum absolute atomic E-state index is 0.213. The van der Waals surface area contributed by atoms with Gasteiger partial charge in [0.05, 0.1) is 11.7 Å². The summed E-state index contributed by atoms with van der Waals surface area (Å²) in [6, 6.07) is 19.6. The summed E-state index contributed by atoms with van der Waals surface area (Å²) >= 11 is 0. The zero-order valence-electron chi connectivity index (χ0n) is 15.9. The van der Waals surface area contributed by atoms with Crippen molar-refractivity contribution in [2.75, 3.05) is 5.06 Å². The second-order valence-electron chi connectivity index (χ2n) is 7.61. The average molecular weight is 342 g/mol. The van der Waals surface area contributed by atoms with Crippen LogP contribution in [0.25, 0.3) is 0 Å². The molecule has 0 aliphatic heterocycles. The molecule has 2 aromatic carbocycles. The van der Waals surface area contributed by atoms with Gasteiger partial charge < -0.3 is 4.53 Å². The minimum atomic E-state index is -1.74. The number of hydrogen-bond acceptors (Lipinski definition) is 2. The van der Waals surface area contributed by atoms with E-state index in [9.17, 15) is 0 Å². The van der Waals surface area contributed by atoms with Crippen LogP contribution in [-0.4, -0.2) is 8.32 Å². The molecule has 0 N–H and O–H groups in total. The number of hydroxylamine groups is 1. The van der Waals surface area contributed by atoms with Crippen molar-refractivity contribution in [3.8, 4) is 0 Å². The van der Waals surface area contributed by atoms with E-state index in [0.717, 1.165) is 12.1 Å². The molecule has 0 saturated heterocycles. The van der Waals surface area contributed by atoms with Crippen molar-refractivity contribution in [2.45, 2.75) is 52.9 Å². The highest BCUT2D eigenvalue weighted by atomic mass is 28.4. The minimum Gasteiger partial charge on any atom is -0.320 e. The molecule has 0 amide bonds. The number of benzene rings is 2. The molecule has 0 aliphatic rings. The van der Waals surface area contributed by atoms with Gasteiger partial charge in [-0.3, -0.25) is 5.06 Å². The Labute approximate surface area is 148 Å². The molecular formula is C21H31NOSi. The standard InChI is InChI=1S/C21H31NOSi/c1-7-18(3)21(19-15-13-17(2)14-16-19)22(23-24(4,5)6)20-11-9-8-10-12-20/h8-16,18,21H,7H2,1-6H3. The van der Waals surface area contributed by atoms with Crippen LogP contribution in [0.1, 0.15) is 37.4 Å². The zero-order valence-corrected chi connectivity index (χ0v) is 16.9. The number of hydrogen-bond donors (Lipinski definition) is 0. The Hall–Kier alpha value is -1.58. The summed E-state index contributed by atoms with van der Waals surface area (Å²) < 4.78 is 6.57. The van der Waals surface area contributed by atoms with E-state index in [1.165, 1.54) is 11.1 Å². The van der Waals surface area contributed by atoms with Crippen LogP contribution in [0.5, 0.6) is 0 Å².